The maximum Gasteiger partial charge on any atom is 0.320 e. The van der Waals surface area contributed by atoms with Gasteiger partial charge >= 0.3 is 6.03 Å². The van der Waals surface area contributed by atoms with Gasteiger partial charge in [0, 0.05) is 32.0 Å². The molecule has 0 saturated carbocycles. The second-order valence-corrected chi connectivity index (χ2v) is 6.93. The highest BCUT2D eigenvalue weighted by Crippen LogP contribution is 2.21. The summed E-state index contributed by atoms with van der Waals surface area (Å²) in [6.45, 7) is 1.34. The largest absolute Gasteiger partial charge is 0.337 e. The number of carbonyl (C=O) groups is 1. The number of thioether (sulfide) groups is 1. The van der Waals surface area contributed by atoms with Gasteiger partial charge in [-0.2, -0.15) is 5.10 Å². The molecule has 0 aromatic carbocycles. The third-order valence-corrected chi connectivity index (χ3v) is 4.98. The second kappa shape index (κ2) is 8.65. The minimum absolute atomic E-state index is 0.234. The number of anilines is 1. The van der Waals surface area contributed by atoms with E-state index in [2.05, 4.69) is 43.4 Å². The zero-order valence-electron chi connectivity index (χ0n) is 14.1. The first kappa shape index (κ1) is 17.5. The summed E-state index contributed by atoms with van der Waals surface area (Å²) in [6, 6.07) is 1.58. The fourth-order valence-corrected chi connectivity index (χ4v) is 3.37. The molecule has 10 heteroatoms. The summed E-state index contributed by atoms with van der Waals surface area (Å²) < 4.78 is 3.47. The van der Waals surface area contributed by atoms with E-state index in [0.717, 1.165) is 36.8 Å². The van der Waals surface area contributed by atoms with Crippen LogP contribution in [0.25, 0.3) is 0 Å². The molecule has 2 aromatic heterocycles. The van der Waals surface area contributed by atoms with Crippen molar-refractivity contribution in [3.05, 3.63) is 24.4 Å². The smallest absolute Gasteiger partial charge is 0.320 e. The minimum atomic E-state index is -0.234. The van der Waals surface area contributed by atoms with E-state index in [4.69, 9.17) is 0 Å². The molecule has 2 amide bonds. The lowest BCUT2D eigenvalue weighted by molar-refractivity contribution is 0.252. The van der Waals surface area contributed by atoms with Crippen LogP contribution in [0.4, 0.5) is 10.6 Å². The molecule has 1 aliphatic rings. The van der Waals surface area contributed by atoms with Gasteiger partial charge in [-0.25, -0.2) is 14.2 Å². The van der Waals surface area contributed by atoms with E-state index in [1.54, 1.807) is 17.9 Å². The van der Waals surface area contributed by atoms with Crippen molar-refractivity contribution in [3.63, 3.8) is 0 Å². The number of allylic oxidation sites excluding steroid dienone is 2. The Kier molecular flexibility index (Phi) is 6.04. The minimum Gasteiger partial charge on any atom is -0.337 e. The molecule has 0 spiro atoms. The van der Waals surface area contributed by atoms with Crippen molar-refractivity contribution in [1.29, 1.82) is 0 Å². The van der Waals surface area contributed by atoms with Crippen LogP contribution in [0.2, 0.25) is 0 Å². The van der Waals surface area contributed by atoms with Crippen molar-refractivity contribution >= 4 is 23.6 Å². The topological polar surface area (TPSA) is 103 Å². The van der Waals surface area contributed by atoms with Gasteiger partial charge in [0.15, 0.2) is 0 Å². The lowest BCUT2D eigenvalue weighted by atomic mass is 9.94. The number of nitrogens with zero attached hydrogens (tertiary/aromatic N) is 6. The number of hydrogen-bond donors (Lipinski definition) is 2. The molecule has 0 aliphatic heterocycles. The van der Waals surface area contributed by atoms with E-state index in [1.807, 2.05) is 10.7 Å². The maximum absolute atomic E-state index is 12.1. The first-order valence-electron chi connectivity index (χ1n) is 8.29. The van der Waals surface area contributed by atoms with Gasteiger partial charge in [0.25, 0.3) is 0 Å². The van der Waals surface area contributed by atoms with Gasteiger partial charge in [0.1, 0.15) is 5.82 Å². The number of rotatable bonds is 7. The third kappa shape index (κ3) is 5.05. The van der Waals surface area contributed by atoms with E-state index in [1.165, 1.54) is 11.8 Å². The van der Waals surface area contributed by atoms with E-state index in [-0.39, 0.29) is 6.03 Å². The van der Waals surface area contributed by atoms with Crippen molar-refractivity contribution in [3.8, 4) is 0 Å². The lowest BCUT2D eigenvalue weighted by Crippen LogP contribution is -2.31. The van der Waals surface area contributed by atoms with E-state index < -0.39 is 0 Å². The maximum atomic E-state index is 12.1. The van der Waals surface area contributed by atoms with Crippen molar-refractivity contribution in [2.24, 2.45) is 13.0 Å². The zero-order valence-corrected chi connectivity index (χ0v) is 14.9. The Morgan fingerprint density at radius 2 is 2.36 bits per heavy atom. The van der Waals surface area contributed by atoms with Gasteiger partial charge in [0.05, 0.1) is 6.20 Å². The Labute approximate surface area is 150 Å². The van der Waals surface area contributed by atoms with Gasteiger partial charge in [-0.1, -0.05) is 23.9 Å². The Balaban J connectivity index is 1.41. The monoisotopic (exact) mass is 362 g/mol. The predicted molar refractivity (Wildman–Crippen MR) is 95.3 cm³/mol. The molecule has 9 nitrogen and oxygen atoms in total. The number of aromatic nitrogens is 6. The molecule has 2 aromatic rings. The number of urea groups is 1. The number of carbonyl (C=O) groups excluding carboxylic acids is 1. The molecule has 134 valence electrons. The van der Waals surface area contributed by atoms with Crippen molar-refractivity contribution in [2.75, 3.05) is 17.6 Å². The van der Waals surface area contributed by atoms with Crippen LogP contribution >= 0.6 is 11.8 Å². The summed E-state index contributed by atoms with van der Waals surface area (Å²) in [5, 5.41) is 22.0. The summed E-state index contributed by atoms with van der Waals surface area (Å²) >= 11 is 1.49. The van der Waals surface area contributed by atoms with Crippen LogP contribution in [0.1, 0.15) is 19.3 Å². The number of nitrogens with one attached hydrogen (secondary N) is 2. The number of amides is 2. The van der Waals surface area contributed by atoms with Crippen LogP contribution in [0.3, 0.4) is 0 Å². The zero-order chi connectivity index (χ0) is 17.5. The molecule has 25 heavy (non-hydrogen) atoms. The van der Waals surface area contributed by atoms with Crippen molar-refractivity contribution in [2.45, 2.75) is 31.0 Å². The average Bonchev–Trinajstić information content (AvgIpc) is 3.22. The molecule has 2 heterocycles. The van der Waals surface area contributed by atoms with Crippen LogP contribution in [0.5, 0.6) is 0 Å². The van der Waals surface area contributed by atoms with Gasteiger partial charge in [-0.3, -0.25) is 5.32 Å². The fraction of sp³-hybridized carbons (Fsp3) is 0.533. The Bertz CT molecular complexity index is 725. The summed E-state index contributed by atoms with van der Waals surface area (Å²) in [5.74, 6) is 1.98. The molecule has 1 atom stereocenters. The van der Waals surface area contributed by atoms with Crippen LogP contribution in [-0.2, 0) is 13.6 Å². The number of aryl methyl sites for hydroxylation is 1. The average molecular weight is 362 g/mol. The molecular weight excluding hydrogens is 340 g/mol. The molecule has 0 radical (unpaired) electrons. The first-order valence-corrected chi connectivity index (χ1v) is 9.28. The SMILES string of the molecule is Cn1nnnc1SCCNC(=O)Nc1ccnn1C[C@@H]1CC=CCC1. The van der Waals surface area contributed by atoms with Crippen molar-refractivity contribution < 1.29 is 4.79 Å². The molecule has 2 N–H and O–H groups in total. The number of tetrazole rings is 1. The fourth-order valence-electron chi connectivity index (χ4n) is 2.66. The molecule has 0 unspecified atom stereocenters. The standard InChI is InChI=1S/C15H22N8OS/c1-22-15(19-20-21-22)25-10-9-16-14(24)18-13-7-8-17-23(13)11-12-5-3-2-4-6-12/h2-3,7-8,12H,4-6,9-11H2,1H3,(H2,16,18,24)/t12-/m1/s1. The molecule has 0 fully saturated rings. The van der Waals surface area contributed by atoms with Crippen LogP contribution in [0.15, 0.2) is 29.6 Å². The predicted octanol–water partition coefficient (Wildman–Crippen LogP) is 1.68. The molecule has 0 saturated heterocycles. The normalized spacial score (nSPS) is 16.8. The van der Waals surface area contributed by atoms with E-state index in [0.29, 0.717) is 18.2 Å². The summed E-state index contributed by atoms with van der Waals surface area (Å²) in [4.78, 5) is 12.1. The first-order chi connectivity index (χ1) is 12.2. The summed E-state index contributed by atoms with van der Waals surface area (Å²) in [6.07, 6.45) is 9.51. The highest BCUT2D eigenvalue weighted by molar-refractivity contribution is 7.99. The summed E-state index contributed by atoms with van der Waals surface area (Å²) in [7, 11) is 1.78. The van der Waals surface area contributed by atoms with Crippen LogP contribution in [-0.4, -0.2) is 48.3 Å². The van der Waals surface area contributed by atoms with Gasteiger partial charge in [0.2, 0.25) is 5.16 Å². The molecular formula is C15H22N8OS. The van der Waals surface area contributed by atoms with Crippen molar-refractivity contribution in [1.82, 2.24) is 35.3 Å². The Morgan fingerprint density at radius 3 is 3.12 bits per heavy atom. The van der Waals surface area contributed by atoms with E-state index in [9.17, 15) is 4.79 Å². The Morgan fingerprint density at radius 1 is 1.44 bits per heavy atom. The van der Waals surface area contributed by atoms with Gasteiger partial charge in [-0.15, -0.1) is 5.10 Å². The quantitative estimate of drug-likeness (QED) is 0.441. The van der Waals surface area contributed by atoms with Gasteiger partial charge in [-0.05, 0) is 35.6 Å². The van der Waals surface area contributed by atoms with Crippen LogP contribution in [0, 0.1) is 5.92 Å². The van der Waals surface area contributed by atoms with E-state index >= 15 is 0 Å². The lowest BCUT2D eigenvalue weighted by Gasteiger charge is -2.19. The van der Waals surface area contributed by atoms with Gasteiger partial charge < -0.3 is 5.32 Å². The summed E-state index contributed by atoms with van der Waals surface area (Å²) in [5.41, 5.74) is 0. The van der Waals surface area contributed by atoms with Crippen LogP contribution < -0.4 is 10.6 Å². The molecule has 3 rings (SSSR count). The molecule has 0 bridgehead atoms. The Hall–Kier alpha value is -2.36. The molecule has 1 aliphatic carbocycles. The highest BCUT2D eigenvalue weighted by Gasteiger charge is 2.14. The third-order valence-electron chi connectivity index (χ3n) is 3.97. The highest BCUT2D eigenvalue weighted by atomic mass is 32.2. The number of hydrogen-bond acceptors (Lipinski definition) is 6. The second-order valence-electron chi connectivity index (χ2n) is 5.86.